The Hall–Kier alpha value is -1.75. The predicted molar refractivity (Wildman–Crippen MR) is 115 cm³/mol. The molecule has 6 heteroatoms. The largest absolute Gasteiger partial charge is 0.368 e. The summed E-state index contributed by atoms with van der Waals surface area (Å²) in [4.78, 5) is 19.3. The molecule has 0 N–H and O–H groups in total. The molecule has 1 amide bonds. The van der Waals surface area contributed by atoms with Crippen molar-refractivity contribution in [2.45, 2.75) is 19.4 Å². The molecule has 2 heterocycles. The fraction of sp³-hybridized carbons (Fsp3) is 0.409. The Labute approximate surface area is 176 Å². The fourth-order valence-corrected chi connectivity index (χ4v) is 4.48. The van der Waals surface area contributed by atoms with Crippen molar-refractivity contribution in [1.29, 1.82) is 0 Å². The first-order valence-electron chi connectivity index (χ1n) is 9.87. The van der Waals surface area contributed by atoms with Gasteiger partial charge in [-0.15, -0.1) is 0 Å². The molecule has 2 aromatic rings. The molecular weight excluding hydrogens is 393 g/mol. The zero-order valence-corrected chi connectivity index (χ0v) is 17.4. The molecule has 0 bridgehead atoms. The highest BCUT2D eigenvalue weighted by Crippen LogP contribution is 2.32. The molecule has 1 fully saturated rings. The van der Waals surface area contributed by atoms with Crippen LogP contribution in [0.25, 0.3) is 0 Å². The van der Waals surface area contributed by atoms with Gasteiger partial charge in [-0.2, -0.15) is 0 Å². The summed E-state index contributed by atoms with van der Waals surface area (Å²) in [6.45, 7) is 6.04. The molecule has 0 atom stereocenters. The number of hydrogen-bond donors (Lipinski definition) is 0. The standard InChI is InChI=1S/C22H25Cl2N3O/c23-19-6-3-7-20(22(19)24)26-14-12-25(13-15-26)10-9-21(28)27-11-8-17-4-1-2-5-18(17)16-27/h1-7H,8-16H2. The maximum atomic E-state index is 12.7. The Kier molecular flexibility index (Phi) is 6.10. The third-order valence-electron chi connectivity index (χ3n) is 5.77. The van der Waals surface area contributed by atoms with E-state index in [2.05, 4.69) is 34.1 Å². The monoisotopic (exact) mass is 417 g/mol. The van der Waals surface area contributed by atoms with Crippen molar-refractivity contribution in [1.82, 2.24) is 9.80 Å². The van der Waals surface area contributed by atoms with Gasteiger partial charge in [0.15, 0.2) is 0 Å². The van der Waals surface area contributed by atoms with Crippen molar-refractivity contribution in [3.05, 3.63) is 63.6 Å². The molecule has 4 rings (SSSR count). The van der Waals surface area contributed by atoms with E-state index < -0.39 is 0 Å². The number of piperazine rings is 1. The summed E-state index contributed by atoms with van der Waals surface area (Å²) in [6, 6.07) is 14.2. The third kappa shape index (κ3) is 4.29. The number of anilines is 1. The van der Waals surface area contributed by atoms with E-state index in [9.17, 15) is 4.79 Å². The van der Waals surface area contributed by atoms with Crippen molar-refractivity contribution in [2.24, 2.45) is 0 Å². The second-order valence-corrected chi connectivity index (χ2v) is 8.27. The van der Waals surface area contributed by atoms with Gasteiger partial charge in [-0.05, 0) is 29.7 Å². The van der Waals surface area contributed by atoms with E-state index in [1.165, 1.54) is 11.1 Å². The molecule has 0 radical (unpaired) electrons. The highest BCUT2D eigenvalue weighted by Gasteiger charge is 2.23. The van der Waals surface area contributed by atoms with Crippen molar-refractivity contribution in [3.63, 3.8) is 0 Å². The van der Waals surface area contributed by atoms with Gasteiger partial charge in [0.05, 0.1) is 15.7 Å². The minimum atomic E-state index is 0.259. The predicted octanol–water partition coefficient (Wildman–Crippen LogP) is 4.09. The Morgan fingerprint density at radius 3 is 2.43 bits per heavy atom. The van der Waals surface area contributed by atoms with Crippen LogP contribution in [0.4, 0.5) is 5.69 Å². The molecule has 0 aliphatic carbocycles. The molecule has 0 unspecified atom stereocenters. The Bertz CT molecular complexity index is 849. The van der Waals surface area contributed by atoms with E-state index in [-0.39, 0.29) is 5.91 Å². The number of fused-ring (bicyclic) bond motifs is 1. The molecule has 0 spiro atoms. The molecule has 1 saturated heterocycles. The normalized spacial score (nSPS) is 17.5. The molecule has 148 valence electrons. The molecule has 2 aliphatic heterocycles. The fourth-order valence-electron chi connectivity index (χ4n) is 4.07. The van der Waals surface area contributed by atoms with Gasteiger partial charge in [0.25, 0.3) is 0 Å². The highest BCUT2D eigenvalue weighted by atomic mass is 35.5. The highest BCUT2D eigenvalue weighted by molar-refractivity contribution is 6.43. The first kappa shape index (κ1) is 19.6. The van der Waals surface area contributed by atoms with Crippen molar-refractivity contribution >= 4 is 34.8 Å². The van der Waals surface area contributed by atoms with Crippen LogP contribution in [0.15, 0.2) is 42.5 Å². The lowest BCUT2D eigenvalue weighted by Crippen LogP contribution is -2.47. The van der Waals surface area contributed by atoms with Crippen LogP contribution in [-0.2, 0) is 17.8 Å². The average molecular weight is 418 g/mol. The summed E-state index contributed by atoms with van der Waals surface area (Å²) in [5, 5.41) is 1.22. The van der Waals surface area contributed by atoms with Gasteiger partial charge >= 0.3 is 0 Å². The number of halogens is 2. The molecular formula is C22H25Cl2N3O. The van der Waals surface area contributed by atoms with E-state index >= 15 is 0 Å². The first-order chi connectivity index (χ1) is 13.6. The number of carbonyl (C=O) groups excluding carboxylic acids is 1. The second kappa shape index (κ2) is 8.73. The lowest BCUT2D eigenvalue weighted by Gasteiger charge is -2.37. The average Bonchev–Trinajstić information content (AvgIpc) is 2.74. The lowest BCUT2D eigenvalue weighted by atomic mass is 10.00. The number of carbonyl (C=O) groups is 1. The Balaban J connectivity index is 1.26. The molecule has 4 nitrogen and oxygen atoms in total. The van der Waals surface area contributed by atoms with Crippen molar-refractivity contribution in [2.75, 3.05) is 44.2 Å². The summed E-state index contributed by atoms with van der Waals surface area (Å²) >= 11 is 12.5. The van der Waals surface area contributed by atoms with Crippen LogP contribution in [0.3, 0.4) is 0 Å². The maximum Gasteiger partial charge on any atom is 0.224 e. The van der Waals surface area contributed by atoms with Crippen LogP contribution >= 0.6 is 23.2 Å². The number of rotatable bonds is 4. The van der Waals surface area contributed by atoms with Gasteiger partial charge < -0.3 is 9.80 Å². The van der Waals surface area contributed by atoms with Crippen LogP contribution in [-0.4, -0.2) is 55.0 Å². The third-order valence-corrected chi connectivity index (χ3v) is 6.58. The van der Waals surface area contributed by atoms with Crippen LogP contribution in [0, 0.1) is 0 Å². The SMILES string of the molecule is O=C(CCN1CCN(c2cccc(Cl)c2Cl)CC1)N1CCc2ccccc2C1. The van der Waals surface area contributed by atoms with E-state index in [0.29, 0.717) is 16.5 Å². The van der Waals surface area contributed by atoms with E-state index in [1.54, 1.807) is 0 Å². The number of hydrogen-bond acceptors (Lipinski definition) is 3. The maximum absolute atomic E-state index is 12.7. The van der Waals surface area contributed by atoms with Crippen LogP contribution in [0.1, 0.15) is 17.5 Å². The van der Waals surface area contributed by atoms with Crippen LogP contribution in [0.5, 0.6) is 0 Å². The minimum absolute atomic E-state index is 0.259. The number of amides is 1. The first-order valence-corrected chi connectivity index (χ1v) is 10.6. The minimum Gasteiger partial charge on any atom is -0.368 e. The van der Waals surface area contributed by atoms with E-state index in [1.807, 2.05) is 23.1 Å². The van der Waals surface area contributed by atoms with Gasteiger partial charge in [-0.3, -0.25) is 9.69 Å². The molecule has 0 aromatic heterocycles. The van der Waals surface area contributed by atoms with Crippen LogP contribution < -0.4 is 4.90 Å². The summed E-state index contributed by atoms with van der Waals surface area (Å²) < 4.78 is 0. The lowest BCUT2D eigenvalue weighted by molar-refractivity contribution is -0.132. The van der Waals surface area contributed by atoms with Gasteiger partial charge in [-0.25, -0.2) is 0 Å². The number of benzene rings is 2. The van der Waals surface area contributed by atoms with E-state index in [0.717, 1.165) is 57.9 Å². The summed E-state index contributed by atoms with van der Waals surface area (Å²) in [6.07, 6.45) is 1.54. The van der Waals surface area contributed by atoms with Gasteiger partial charge in [0.1, 0.15) is 0 Å². The van der Waals surface area contributed by atoms with E-state index in [4.69, 9.17) is 23.2 Å². The number of nitrogens with zero attached hydrogens (tertiary/aromatic N) is 3. The quantitative estimate of drug-likeness (QED) is 0.749. The van der Waals surface area contributed by atoms with Crippen molar-refractivity contribution < 1.29 is 4.79 Å². The molecule has 2 aromatic carbocycles. The second-order valence-electron chi connectivity index (χ2n) is 7.49. The summed E-state index contributed by atoms with van der Waals surface area (Å²) in [7, 11) is 0. The van der Waals surface area contributed by atoms with Gasteiger partial charge in [-0.1, -0.05) is 53.5 Å². The van der Waals surface area contributed by atoms with Gasteiger partial charge in [0.2, 0.25) is 5.91 Å². The molecule has 0 saturated carbocycles. The Morgan fingerprint density at radius 2 is 1.64 bits per heavy atom. The summed E-state index contributed by atoms with van der Waals surface area (Å²) in [5.41, 5.74) is 3.66. The van der Waals surface area contributed by atoms with Gasteiger partial charge in [0, 0.05) is 52.2 Å². The zero-order chi connectivity index (χ0) is 19.5. The van der Waals surface area contributed by atoms with Crippen LogP contribution in [0.2, 0.25) is 10.0 Å². The topological polar surface area (TPSA) is 26.8 Å². The summed E-state index contributed by atoms with van der Waals surface area (Å²) in [5.74, 6) is 0.259. The Morgan fingerprint density at radius 1 is 0.893 bits per heavy atom. The molecule has 28 heavy (non-hydrogen) atoms. The zero-order valence-electron chi connectivity index (χ0n) is 15.9. The molecule has 2 aliphatic rings. The van der Waals surface area contributed by atoms with Crippen molar-refractivity contribution in [3.8, 4) is 0 Å². The smallest absolute Gasteiger partial charge is 0.224 e.